The Kier molecular flexibility index (Phi) is 4.99. The first kappa shape index (κ1) is 18.6. The van der Waals surface area contributed by atoms with Gasteiger partial charge in [0.2, 0.25) is 5.95 Å². The van der Waals surface area contributed by atoms with Crippen LogP contribution in [0.3, 0.4) is 0 Å². The van der Waals surface area contributed by atoms with Gasteiger partial charge in [0.05, 0.1) is 11.9 Å². The maximum Gasteiger partial charge on any atom is 0.222 e. The van der Waals surface area contributed by atoms with Gasteiger partial charge in [-0.2, -0.15) is 4.98 Å². The number of aromatic nitrogens is 3. The Labute approximate surface area is 159 Å². The summed E-state index contributed by atoms with van der Waals surface area (Å²) in [6.45, 7) is 3.20. The van der Waals surface area contributed by atoms with Crippen LogP contribution in [0.2, 0.25) is 5.02 Å². The van der Waals surface area contributed by atoms with Gasteiger partial charge >= 0.3 is 0 Å². The zero-order chi connectivity index (χ0) is 19.6. The van der Waals surface area contributed by atoms with E-state index >= 15 is 0 Å². The lowest BCUT2D eigenvalue weighted by molar-refractivity contribution is 0.112. The van der Waals surface area contributed by atoms with Gasteiger partial charge in [-0.15, -0.1) is 0 Å². The van der Waals surface area contributed by atoms with Crippen molar-refractivity contribution in [3.8, 4) is 11.8 Å². The van der Waals surface area contributed by atoms with Crippen LogP contribution >= 0.6 is 11.6 Å². The maximum absolute atomic E-state index is 14.1. The van der Waals surface area contributed by atoms with Gasteiger partial charge in [-0.05, 0) is 32.0 Å². The second-order valence-electron chi connectivity index (χ2n) is 5.89. The second-order valence-corrected chi connectivity index (χ2v) is 6.30. The predicted octanol–water partition coefficient (Wildman–Crippen LogP) is 3.15. The molecule has 0 bridgehead atoms. The zero-order valence-corrected chi connectivity index (χ0v) is 15.2. The van der Waals surface area contributed by atoms with E-state index in [1.165, 1.54) is 31.3 Å². The number of halogens is 2. The molecular formula is C18H15ClFN5O2. The average Bonchev–Trinajstić information content (AvgIpc) is 3.06. The maximum atomic E-state index is 14.1. The van der Waals surface area contributed by atoms with Crippen LogP contribution in [-0.2, 0) is 5.60 Å². The minimum Gasteiger partial charge on any atom is -0.372 e. The third-order valence-electron chi connectivity index (χ3n) is 3.56. The molecule has 2 heterocycles. The molecule has 0 amide bonds. The molecule has 3 aromatic rings. The van der Waals surface area contributed by atoms with Gasteiger partial charge in [-0.3, -0.25) is 0 Å². The molecule has 9 heteroatoms. The molecule has 0 radical (unpaired) electrons. The molecule has 0 saturated heterocycles. The van der Waals surface area contributed by atoms with E-state index in [0.717, 1.165) is 0 Å². The van der Waals surface area contributed by atoms with Crippen LogP contribution < -0.4 is 11.1 Å². The van der Waals surface area contributed by atoms with Gasteiger partial charge in [-0.25, -0.2) is 9.37 Å². The minimum absolute atomic E-state index is 0.00259. The lowest BCUT2D eigenvalue weighted by Crippen LogP contribution is -2.18. The van der Waals surface area contributed by atoms with E-state index in [2.05, 4.69) is 32.3 Å². The van der Waals surface area contributed by atoms with Crippen molar-refractivity contribution in [1.82, 2.24) is 15.1 Å². The van der Waals surface area contributed by atoms with Crippen LogP contribution in [0, 0.1) is 24.6 Å². The monoisotopic (exact) mass is 387 g/mol. The summed E-state index contributed by atoms with van der Waals surface area (Å²) < 4.78 is 19.1. The second kappa shape index (κ2) is 7.23. The SMILES string of the molecule is Cc1cc([C@](C)(O)C#Cc2ccc(F)c(Nc3nc(N)ncc3Cl)c2)no1. The van der Waals surface area contributed by atoms with Gasteiger partial charge in [0.15, 0.2) is 11.4 Å². The number of nitrogens with zero attached hydrogens (tertiary/aromatic N) is 3. The Morgan fingerprint density at radius 1 is 1.37 bits per heavy atom. The molecule has 0 aliphatic heterocycles. The van der Waals surface area contributed by atoms with Gasteiger partial charge in [0.25, 0.3) is 0 Å². The molecule has 7 nitrogen and oxygen atoms in total. The van der Waals surface area contributed by atoms with E-state index in [9.17, 15) is 9.50 Å². The highest BCUT2D eigenvalue weighted by molar-refractivity contribution is 6.32. The fourth-order valence-electron chi connectivity index (χ4n) is 2.15. The van der Waals surface area contributed by atoms with E-state index in [4.69, 9.17) is 21.9 Å². The number of aliphatic hydroxyl groups is 1. The minimum atomic E-state index is -1.52. The number of aryl methyl sites for hydroxylation is 1. The summed E-state index contributed by atoms with van der Waals surface area (Å²) in [6.07, 6.45) is 1.31. The number of benzene rings is 1. The fourth-order valence-corrected chi connectivity index (χ4v) is 2.29. The molecule has 0 aliphatic carbocycles. The van der Waals surface area contributed by atoms with Crippen LogP contribution in [0.1, 0.15) is 23.9 Å². The van der Waals surface area contributed by atoms with Gasteiger partial charge in [0, 0.05) is 11.6 Å². The summed E-state index contributed by atoms with van der Waals surface area (Å²) >= 11 is 5.99. The molecule has 0 unspecified atom stereocenters. The summed E-state index contributed by atoms with van der Waals surface area (Å²) in [4.78, 5) is 7.67. The molecule has 27 heavy (non-hydrogen) atoms. The van der Waals surface area contributed by atoms with Gasteiger partial charge in [0.1, 0.15) is 22.3 Å². The Hall–Kier alpha value is -3.15. The lowest BCUT2D eigenvalue weighted by Gasteiger charge is -2.12. The first-order valence-corrected chi connectivity index (χ1v) is 8.16. The van der Waals surface area contributed by atoms with Crippen molar-refractivity contribution >= 4 is 29.1 Å². The summed E-state index contributed by atoms with van der Waals surface area (Å²) in [5.41, 5.74) is 4.84. The largest absolute Gasteiger partial charge is 0.372 e. The zero-order valence-electron chi connectivity index (χ0n) is 14.4. The molecule has 138 valence electrons. The lowest BCUT2D eigenvalue weighted by atomic mass is 10.0. The van der Waals surface area contributed by atoms with Crippen LogP contribution in [0.4, 0.5) is 21.8 Å². The Bertz CT molecular complexity index is 1060. The fraction of sp³-hybridized carbons (Fsp3) is 0.167. The summed E-state index contributed by atoms with van der Waals surface area (Å²) in [5.74, 6) is 5.68. The van der Waals surface area contributed by atoms with E-state index in [-0.39, 0.29) is 28.2 Å². The molecule has 4 N–H and O–H groups in total. The number of hydrogen-bond acceptors (Lipinski definition) is 7. The molecule has 0 saturated carbocycles. The number of nitrogens with one attached hydrogen (secondary N) is 1. The number of hydrogen-bond donors (Lipinski definition) is 3. The van der Waals surface area contributed by atoms with E-state index in [0.29, 0.717) is 11.3 Å². The molecule has 0 fully saturated rings. The molecule has 0 aliphatic rings. The molecule has 2 aromatic heterocycles. The van der Waals surface area contributed by atoms with Gasteiger partial charge in [-0.1, -0.05) is 28.6 Å². The Morgan fingerprint density at radius 3 is 2.85 bits per heavy atom. The predicted molar refractivity (Wildman–Crippen MR) is 98.8 cm³/mol. The van der Waals surface area contributed by atoms with Crippen LogP contribution in [0.15, 0.2) is 35.0 Å². The highest BCUT2D eigenvalue weighted by atomic mass is 35.5. The van der Waals surface area contributed by atoms with E-state index < -0.39 is 11.4 Å². The number of nitrogen functional groups attached to an aromatic ring is 1. The summed E-state index contributed by atoms with van der Waals surface area (Å²) in [6, 6.07) is 5.77. The molecular weight excluding hydrogens is 373 g/mol. The Balaban J connectivity index is 1.89. The van der Waals surface area contributed by atoms with Crippen LogP contribution in [0.25, 0.3) is 0 Å². The third-order valence-corrected chi connectivity index (χ3v) is 3.84. The number of rotatable bonds is 3. The molecule has 0 spiro atoms. The standard InChI is InChI=1S/C18H15ClFN5O2/c1-10-7-15(25-27-10)18(2,26)6-5-11-3-4-13(20)14(8-11)23-16-12(19)9-22-17(21)24-16/h3-4,7-9,26H,1-2H3,(H3,21,22,23,24)/t18-/m1/s1. The summed E-state index contributed by atoms with van der Waals surface area (Å²) in [5, 5.41) is 17.2. The van der Waals surface area contributed by atoms with Crippen molar-refractivity contribution in [2.24, 2.45) is 0 Å². The quantitative estimate of drug-likeness (QED) is 0.592. The van der Waals surface area contributed by atoms with Crippen molar-refractivity contribution in [1.29, 1.82) is 0 Å². The molecule has 1 atom stereocenters. The first-order valence-electron chi connectivity index (χ1n) is 7.78. The highest BCUT2D eigenvalue weighted by Crippen LogP contribution is 2.26. The normalized spacial score (nSPS) is 12.8. The molecule has 3 rings (SSSR count). The van der Waals surface area contributed by atoms with Crippen molar-refractivity contribution in [3.63, 3.8) is 0 Å². The van der Waals surface area contributed by atoms with Crippen molar-refractivity contribution < 1.29 is 14.0 Å². The number of nitrogens with two attached hydrogens (primary N) is 1. The van der Waals surface area contributed by atoms with E-state index in [1.54, 1.807) is 13.0 Å². The third kappa shape index (κ3) is 4.34. The smallest absolute Gasteiger partial charge is 0.222 e. The van der Waals surface area contributed by atoms with Crippen molar-refractivity contribution in [2.75, 3.05) is 11.1 Å². The topological polar surface area (TPSA) is 110 Å². The van der Waals surface area contributed by atoms with Crippen LogP contribution in [0.5, 0.6) is 0 Å². The average molecular weight is 388 g/mol. The van der Waals surface area contributed by atoms with Crippen molar-refractivity contribution in [3.05, 3.63) is 58.3 Å². The van der Waals surface area contributed by atoms with E-state index in [1.807, 2.05) is 0 Å². The van der Waals surface area contributed by atoms with Crippen LogP contribution in [-0.4, -0.2) is 20.2 Å². The Morgan fingerprint density at radius 2 is 2.15 bits per heavy atom. The summed E-state index contributed by atoms with van der Waals surface area (Å²) in [7, 11) is 0. The first-order chi connectivity index (χ1) is 12.7. The van der Waals surface area contributed by atoms with Crippen molar-refractivity contribution in [2.45, 2.75) is 19.4 Å². The molecule has 1 aromatic carbocycles. The number of anilines is 3. The highest BCUT2D eigenvalue weighted by Gasteiger charge is 2.24. The van der Waals surface area contributed by atoms with Gasteiger partial charge < -0.3 is 20.7 Å².